The molecule has 0 aliphatic carbocycles. The Balaban J connectivity index is 3.25. The molecule has 1 heterocycles. The number of carbonyl (C=O) groups excluding carboxylic acids is 1. The van der Waals surface area contributed by atoms with E-state index in [1.54, 1.807) is 20.8 Å². The number of nitrogens with two attached hydrogens (primary N) is 2. The first-order valence-electron chi connectivity index (χ1n) is 5.75. The number of carboxylic acid groups (broad SMARTS) is 1. The zero-order valence-electron chi connectivity index (χ0n) is 11.1. The molecule has 0 aliphatic heterocycles. The molecule has 19 heavy (non-hydrogen) atoms. The minimum Gasteiger partial charge on any atom is -0.478 e. The molecule has 0 aliphatic rings. The van der Waals surface area contributed by atoms with Crippen molar-refractivity contribution in [3.05, 3.63) is 17.8 Å². The number of anilines is 2. The van der Waals surface area contributed by atoms with E-state index in [9.17, 15) is 9.59 Å². The van der Waals surface area contributed by atoms with Crippen LogP contribution in [0.4, 0.5) is 11.5 Å². The molecule has 0 spiro atoms. The van der Waals surface area contributed by atoms with Crippen LogP contribution in [0.25, 0.3) is 0 Å². The molecule has 1 rings (SSSR count). The van der Waals surface area contributed by atoms with Crippen molar-refractivity contribution in [2.45, 2.75) is 26.3 Å². The van der Waals surface area contributed by atoms with Crippen LogP contribution in [0, 0.1) is 5.92 Å². The molecule has 1 atom stereocenters. The molecule has 1 unspecified atom stereocenters. The highest BCUT2D eigenvalue weighted by molar-refractivity contribution is 5.96. The van der Waals surface area contributed by atoms with E-state index >= 15 is 0 Å². The smallest absolute Gasteiger partial charge is 0.339 e. The van der Waals surface area contributed by atoms with Crippen LogP contribution in [-0.2, 0) is 4.79 Å². The van der Waals surface area contributed by atoms with E-state index in [0.717, 1.165) is 0 Å². The van der Waals surface area contributed by atoms with Crippen molar-refractivity contribution in [1.29, 1.82) is 0 Å². The maximum Gasteiger partial charge on any atom is 0.339 e. The number of pyridine rings is 1. The number of rotatable bonds is 5. The summed E-state index contributed by atoms with van der Waals surface area (Å²) in [6, 6.07) is 1.28. The van der Waals surface area contributed by atoms with Crippen LogP contribution >= 0.6 is 0 Å². The third-order valence-electron chi connectivity index (χ3n) is 3.18. The van der Waals surface area contributed by atoms with Gasteiger partial charge < -0.3 is 21.9 Å². The highest BCUT2D eigenvalue weighted by Gasteiger charge is 2.36. The number of nitrogen functional groups attached to an aromatic ring is 1. The Morgan fingerprint density at radius 2 is 2.05 bits per heavy atom. The van der Waals surface area contributed by atoms with Gasteiger partial charge in [0.05, 0.1) is 11.9 Å². The van der Waals surface area contributed by atoms with Gasteiger partial charge in [0.1, 0.15) is 16.9 Å². The Morgan fingerprint density at radius 3 is 2.47 bits per heavy atom. The number of carbonyl (C=O) groups is 2. The average Bonchev–Trinajstić information content (AvgIpc) is 2.30. The van der Waals surface area contributed by atoms with Crippen LogP contribution < -0.4 is 16.8 Å². The maximum atomic E-state index is 11.6. The van der Waals surface area contributed by atoms with E-state index in [1.165, 1.54) is 12.3 Å². The molecule has 1 aromatic rings. The summed E-state index contributed by atoms with van der Waals surface area (Å²) >= 11 is 0. The highest BCUT2D eigenvalue weighted by Crippen LogP contribution is 2.25. The Morgan fingerprint density at radius 1 is 1.47 bits per heavy atom. The van der Waals surface area contributed by atoms with Gasteiger partial charge in [0.25, 0.3) is 0 Å². The summed E-state index contributed by atoms with van der Waals surface area (Å²) in [6.45, 7) is 5.20. The SMILES string of the molecule is CC(C)C(C)(Nc1ncc(N)cc1C(=O)O)C(N)=O. The van der Waals surface area contributed by atoms with Gasteiger partial charge in [-0.15, -0.1) is 0 Å². The van der Waals surface area contributed by atoms with E-state index in [0.29, 0.717) is 0 Å². The molecular formula is C12H18N4O3. The number of nitrogens with one attached hydrogen (secondary N) is 1. The lowest BCUT2D eigenvalue weighted by atomic mass is 9.87. The summed E-state index contributed by atoms with van der Waals surface area (Å²) in [5.41, 5.74) is 9.90. The quantitative estimate of drug-likeness (QED) is 0.619. The van der Waals surface area contributed by atoms with Gasteiger partial charge in [0.2, 0.25) is 5.91 Å². The molecule has 6 N–H and O–H groups in total. The van der Waals surface area contributed by atoms with Gasteiger partial charge in [-0.3, -0.25) is 4.79 Å². The van der Waals surface area contributed by atoms with Crippen molar-refractivity contribution in [2.75, 3.05) is 11.1 Å². The largest absolute Gasteiger partial charge is 0.478 e. The molecule has 7 heteroatoms. The molecule has 0 aromatic carbocycles. The summed E-state index contributed by atoms with van der Waals surface area (Å²) < 4.78 is 0. The summed E-state index contributed by atoms with van der Waals surface area (Å²) in [5.74, 6) is -1.85. The molecular weight excluding hydrogens is 248 g/mol. The molecule has 0 saturated heterocycles. The second kappa shape index (κ2) is 5.13. The average molecular weight is 266 g/mol. The molecule has 104 valence electrons. The van der Waals surface area contributed by atoms with Crippen molar-refractivity contribution in [2.24, 2.45) is 11.7 Å². The number of aromatic nitrogens is 1. The number of primary amides is 1. The zero-order chi connectivity index (χ0) is 14.8. The number of nitrogens with zero attached hydrogens (tertiary/aromatic N) is 1. The lowest BCUT2D eigenvalue weighted by Crippen LogP contribution is -2.52. The molecule has 1 amide bonds. The van der Waals surface area contributed by atoms with Gasteiger partial charge in [0, 0.05) is 0 Å². The molecule has 7 nitrogen and oxygen atoms in total. The van der Waals surface area contributed by atoms with E-state index < -0.39 is 17.4 Å². The fourth-order valence-corrected chi connectivity index (χ4v) is 1.48. The number of amides is 1. The third kappa shape index (κ3) is 2.93. The van der Waals surface area contributed by atoms with Crippen LogP contribution in [0.1, 0.15) is 31.1 Å². The molecule has 0 bridgehead atoms. The van der Waals surface area contributed by atoms with Crippen molar-refractivity contribution in [1.82, 2.24) is 4.98 Å². The predicted octanol–water partition coefficient (Wildman–Crippen LogP) is 0.674. The Kier molecular flexibility index (Phi) is 3.98. The predicted molar refractivity (Wildman–Crippen MR) is 71.7 cm³/mol. The van der Waals surface area contributed by atoms with Gasteiger partial charge in [-0.25, -0.2) is 9.78 Å². The number of carboxylic acids is 1. The van der Waals surface area contributed by atoms with Crippen LogP contribution in [0.5, 0.6) is 0 Å². The number of aromatic carboxylic acids is 1. The minimum absolute atomic E-state index is 0.0664. The Labute approximate surface area is 111 Å². The lowest BCUT2D eigenvalue weighted by molar-refractivity contribution is -0.123. The normalized spacial score (nSPS) is 13.9. The van der Waals surface area contributed by atoms with Crippen molar-refractivity contribution in [3.8, 4) is 0 Å². The molecule has 0 fully saturated rings. The minimum atomic E-state index is -1.18. The molecule has 0 saturated carbocycles. The molecule has 0 radical (unpaired) electrons. The van der Waals surface area contributed by atoms with Crippen molar-refractivity contribution in [3.63, 3.8) is 0 Å². The van der Waals surface area contributed by atoms with Gasteiger partial charge in [-0.05, 0) is 18.9 Å². The van der Waals surface area contributed by atoms with E-state index in [4.69, 9.17) is 16.6 Å². The van der Waals surface area contributed by atoms with Crippen LogP contribution in [0.3, 0.4) is 0 Å². The first kappa shape index (κ1) is 14.7. The summed E-state index contributed by atoms with van der Waals surface area (Å²) in [6.07, 6.45) is 1.32. The maximum absolute atomic E-state index is 11.6. The summed E-state index contributed by atoms with van der Waals surface area (Å²) in [4.78, 5) is 26.6. The topological polar surface area (TPSA) is 131 Å². The second-order valence-electron chi connectivity index (χ2n) is 4.82. The highest BCUT2D eigenvalue weighted by atomic mass is 16.4. The Bertz CT molecular complexity index is 516. The lowest BCUT2D eigenvalue weighted by Gasteiger charge is -2.32. The number of hydrogen-bond donors (Lipinski definition) is 4. The first-order valence-corrected chi connectivity index (χ1v) is 5.75. The zero-order valence-corrected chi connectivity index (χ0v) is 11.1. The monoisotopic (exact) mass is 266 g/mol. The van der Waals surface area contributed by atoms with E-state index in [1.807, 2.05) is 0 Å². The third-order valence-corrected chi connectivity index (χ3v) is 3.18. The fraction of sp³-hybridized carbons (Fsp3) is 0.417. The van der Waals surface area contributed by atoms with Gasteiger partial charge in [-0.2, -0.15) is 0 Å². The van der Waals surface area contributed by atoms with Crippen LogP contribution in [0.15, 0.2) is 12.3 Å². The fourth-order valence-electron chi connectivity index (χ4n) is 1.48. The van der Waals surface area contributed by atoms with Gasteiger partial charge in [-0.1, -0.05) is 13.8 Å². The molecule has 1 aromatic heterocycles. The first-order chi connectivity index (χ1) is 8.68. The Hall–Kier alpha value is -2.31. The van der Waals surface area contributed by atoms with Crippen LogP contribution in [-0.4, -0.2) is 27.5 Å². The van der Waals surface area contributed by atoms with Gasteiger partial charge in [0.15, 0.2) is 0 Å². The van der Waals surface area contributed by atoms with E-state index in [-0.39, 0.29) is 23.0 Å². The van der Waals surface area contributed by atoms with Crippen molar-refractivity contribution < 1.29 is 14.7 Å². The van der Waals surface area contributed by atoms with Crippen molar-refractivity contribution >= 4 is 23.4 Å². The summed E-state index contributed by atoms with van der Waals surface area (Å²) in [7, 11) is 0. The van der Waals surface area contributed by atoms with Gasteiger partial charge >= 0.3 is 5.97 Å². The van der Waals surface area contributed by atoms with Crippen LogP contribution in [0.2, 0.25) is 0 Å². The number of hydrogen-bond acceptors (Lipinski definition) is 5. The van der Waals surface area contributed by atoms with E-state index in [2.05, 4.69) is 10.3 Å². The summed E-state index contributed by atoms with van der Waals surface area (Å²) in [5, 5.41) is 11.9. The standard InChI is InChI=1S/C12H18N4O3/c1-6(2)12(3,11(14)19)16-9-8(10(17)18)4-7(13)5-15-9/h4-6H,13H2,1-3H3,(H2,14,19)(H,15,16)(H,17,18). The second-order valence-corrected chi connectivity index (χ2v) is 4.82.